The summed E-state index contributed by atoms with van der Waals surface area (Å²) in [5.74, 6) is -1.95. The van der Waals surface area contributed by atoms with Crippen molar-refractivity contribution in [3.05, 3.63) is 35.4 Å². The summed E-state index contributed by atoms with van der Waals surface area (Å²) >= 11 is 0. The van der Waals surface area contributed by atoms with Gasteiger partial charge < -0.3 is 4.84 Å². The van der Waals surface area contributed by atoms with E-state index in [9.17, 15) is 18.4 Å². The third-order valence-corrected chi connectivity index (χ3v) is 3.23. The summed E-state index contributed by atoms with van der Waals surface area (Å²) in [4.78, 5) is 28.7. The first-order valence-corrected chi connectivity index (χ1v) is 6.64. The van der Waals surface area contributed by atoms with Crippen molar-refractivity contribution in [3.63, 3.8) is 0 Å². The van der Waals surface area contributed by atoms with Crippen molar-refractivity contribution in [2.24, 2.45) is 5.41 Å². The Hall–Kier alpha value is -1.82. The number of nitrogens with zero attached hydrogens (tertiary/aromatic N) is 1. The molecule has 1 aliphatic heterocycles. The minimum atomic E-state index is -0.792. The highest BCUT2D eigenvalue weighted by molar-refractivity contribution is 5.84. The number of halogens is 2. The van der Waals surface area contributed by atoms with Crippen molar-refractivity contribution in [1.29, 1.82) is 0 Å². The number of carbonyl (C=O) groups excluding carboxylic acids is 2. The van der Waals surface area contributed by atoms with Gasteiger partial charge in [-0.05, 0) is 39.0 Å². The summed E-state index contributed by atoms with van der Waals surface area (Å²) in [6, 6.07) is 2.23. The quantitative estimate of drug-likeness (QED) is 0.842. The SMILES string of the molecule is CC(C)(C)C(=O)ON1CC(=O)CC1c1cc(F)ccc1F. The second kappa shape index (κ2) is 5.52. The Bertz CT molecular complexity index is 581. The number of benzene rings is 1. The average Bonchev–Trinajstić information content (AvgIpc) is 2.72. The molecule has 1 aromatic carbocycles. The lowest BCUT2D eigenvalue weighted by Gasteiger charge is -2.26. The molecule has 0 amide bonds. The van der Waals surface area contributed by atoms with Gasteiger partial charge >= 0.3 is 5.97 Å². The van der Waals surface area contributed by atoms with Crippen LogP contribution in [0.3, 0.4) is 0 Å². The van der Waals surface area contributed by atoms with Gasteiger partial charge in [-0.1, -0.05) is 0 Å². The van der Waals surface area contributed by atoms with Crippen LogP contribution in [-0.2, 0) is 14.4 Å². The van der Waals surface area contributed by atoms with E-state index in [1.807, 2.05) is 0 Å². The molecule has 1 saturated heterocycles. The Morgan fingerprint density at radius 3 is 2.62 bits per heavy atom. The van der Waals surface area contributed by atoms with Gasteiger partial charge in [0, 0.05) is 12.0 Å². The molecule has 2 rings (SSSR count). The topological polar surface area (TPSA) is 46.6 Å². The number of hydrogen-bond donors (Lipinski definition) is 0. The molecule has 0 N–H and O–H groups in total. The zero-order valence-corrected chi connectivity index (χ0v) is 12.2. The van der Waals surface area contributed by atoms with Crippen LogP contribution in [-0.4, -0.2) is 23.4 Å². The zero-order valence-electron chi connectivity index (χ0n) is 12.2. The van der Waals surface area contributed by atoms with Gasteiger partial charge in [-0.3, -0.25) is 4.79 Å². The molecule has 0 spiro atoms. The van der Waals surface area contributed by atoms with Crippen LogP contribution in [0.2, 0.25) is 0 Å². The summed E-state index contributed by atoms with van der Waals surface area (Å²) in [6.07, 6.45) is -0.0161. The molecule has 0 aromatic heterocycles. The Labute approximate surface area is 121 Å². The molecule has 114 valence electrons. The standard InChI is InChI=1S/C15H17F2NO3/c1-15(2,3)14(20)21-18-8-10(19)7-13(18)11-6-9(16)4-5-12(11)17/h4-6,13H,7-8H2,1-3H3. The number of hydroxylamine groups is 2. The number of carbonyl (C=O) groups is 2. The molecular formula is C15H17F2NO3. The maximum Gasteiger partial charge on any atom is 0.330 e. The molecular weight excluding hydrogens is 280 g/mol. The molecule has 1 aromatic rings. The minimum absolute atomic E-state index is 0.0161. The van der Waals surface area contributed by atoms with Gasteiger partial charge in [0.05, 0.1) is 18.0 Å². The lowest BCUT2D eigenvalue weighted by Crippen LogP contribution is -2.34. The molecule has 0 radical (unpaired) electrons. The molecule has 6 heteroatoms. The monoisotopic (exact) mass is 297 g/mol. The van der Waals surface area contributed by atoms with Crippen LogP contribution < -0.4 is 0 Å². The summed E-state index contributed by atoms with van der Waals surface area (Å²) in [5, 5.41) is 1.13. The molecule has 4 nitrogen and oxygen atoms in total. The molecule has 1 atom stereocenters. The fourth-order valence-electron chi connectivity index (χ4n) is 2.04. The molecule has 1 unspecified atom stereocenters. The maximum absolute atomic E-state index is 13.8. The average molecular weight is 297 g/mol. The van der Waals surface area contributed by atoms with Gasteiger partial charge in [0.2, 0.25) is 0 Å². The van der Waals surface area contributed by atoms with Gasteiger partial charge in [0.25, 0.3) is 0 Å². The van der Waals surface area contributed by atoms with Gasteiger partial charge in [0.15, 0.2) is 5.78 Å². The Morgan fingerprint density at radius 2 is 2.00 bits per heavy atom. The van der Waals surface area contributed by atoms with E-state index in [-0.39, 0.29) is 24.3 Å². The number of ketones is 1. The first kappa shape index (κ1) is 15.6. The number of Topliss-reactive ketones (excluding diaryl/α,β-unsaturated/α-hetero) is 1. The van der Waals surface area contributed by atoms with Crippen molar-refractivity contribution < 1.29 is 23.2 Å². The third-order valence-electron chi connectivity index (χ3n) is 3.23. The molecule has 21 heavy (non-hydrogen) atoms. The lowest BCUT2D eigenvalue weighted by molar-refractivity contribution is -0.205. The summed E-state index contributed by atoms with van der Waals surface area (Å²) < 4.78 is 27.1. The summed E-state index contributed by atoms with van der Waals surface area (Å²) in [6.45, 7) is 4.89. The van der Waals surface area contributed by atoms with Crippen LogP contribution >= 0.6 is 0 Å². The van der Waals surface area contributed by atoms with Gasteiger partial charge in [-0.25, -0.2) is 13.6 Å². The highest BCUT2D eigenvalue weighted by atomic mass is 19.1. The molecule has 0 saturated carbocycles. The van der Waals surface area contributed by atoms with Crippen molar-refractivity contribution in [1.82, 2.24) is 5.06 Å². The molecule has 0 bridgehead atoms. The number of rotatable bonds is 2. The van der Waals surface area contributed by atoms with E-state index < -0.39 is 29.1 Å². The lowest BCUT2D eigenvalue weighted by atomic mass is 9.98. The highest BCUT2D eigenvalue weighted by Crippen LogP contribution is 2.33. The Morgan fingerprint density at radius 1 is 1.33 bits per heavy atom. The van der Waals surface area contributed by atoms with Crippen LogP contribution in [0.25, 0.3) is 0 Å². The van der Waals surface area contributed by atoms with Crippen LogP contribution in [0.1, 0.15) is 38.8 Å². The molecule has 0 aliphatic carbocycles. The second-order valence-electron chi connectivity index (χ2n) is 6.13. The third kappa shape index (κ3) is 3.44. The minimum Gasteiger partial charge on any atom is -0.366 e. The second-order valence-corrected chi connectivity index (χ2v) is 6.13. The van der Waals surface area contributed by atoms with Crippen molar-refractivity contribution in [2.45, 2.75) is 33.2 Å². The van der Waals surface area contributed by atoms with E-state index >= 15 is 0 Å². The summed E-state index contributed by atoms with van der Waals surface area (Å²) in [7, 11) is 0. The Balaban J connectivity index is 2.27. The largest absolute Gasteiger partial charge is 0.366 e. The van der Waals surface area contributed by atoms with Crippen LogP contribution in [0, 0.1) is 17.0 Å². The van der Waals surface area contributed by atoms with Crippen LogP contribution in [0.5, 0.6) is 0 Å². The molecule has 1 aliphatic rings. The number of hydrogen-bond acceptors (Lipinski definition) is 4. The van der Waals surface area contributed by atoms with Gasteiger partial charge in [-0.2, -0.15) is 0 Å². The van der Waals surface area contributed by atoms with Crippen molar-refractivity contribution >= 4 is 11.8 Å². The first-order valence-electron chi connectivity index (χ1n) is 6.64. The van der Waals surface area contributed by atoms with Crippen LogP contribution in [0.4, 0.5) is 8.78 Å². The normalized spacial score (nSPS) is 19.9. The van der Waals surface area contributed by atoms with E-state index in [1.165, 1.54) is 0 Å². The van der Waals surface area contributed by atoms with Gasteiger partial charge in [0.1, 0.15) is 11.6 Å². The predicted molar refractivity (Wildman–Crippen MR) is 71.0 cm³/mol. The fourth-order valence-corrected chi connectivity index (χ4v) is 2.04. The van der Waals surface area contributed by atoms with Gasteiger partial charge in [-0.15, -0.1) is 5.06 Å². The van der Waals surface area contributed by atoms with E-state index in [2.05, 4.69) is 0 Å². The Kier molecular flexibility index (Phi) is 4.09. The first-order chi connectivity index (χ1) is 9.68. The van der Waals surface area contributed by atoms with E-state index in [0.717, 1.165) is 23.3 Å². The molecule has 1 heterocycles. The van der Waals surface area contributed by atoms with Crippen molar-refractivity contribution in [3.8, 4) is 0 Å². The van der Waals surface area contributed by atoms with E-state index in [0.29, 0.717) is 0 Å². The molecule has 1 fully saturated rings. The predicted octanol–water partition coefficient (Wildman–Crippen LogP) is 2.79. The summed E-state index contributed by atoms with van der Waals surface area (Å²) in [5.41, 5.74) is -0.737. The van der Waals surface area contributed by atoms with Crippen molar-refractivity contribution in [2.75, 3.05) is 6.54 Å². The smallest absolute Gasteiger partial charge is 0.330 e. The van der Waals surface area contributed by atoms with E-state index in [4.69, 9.17) is 4.84 Å². The van der Waals surface area contributed by atoms with Crippen LogP contribution in [0.15, 0.2) is 18.2 Å². The fraction of sp³-hybridized carbons (Fsp3) is 0.467. The maximum atomic E-state index is 13.8. The highest BCUT2D eigenvalue weighted by Gasteiger charge is 2.38. The van der Waals surface area contributed by atoms with E-state index in [1.54, 1.807) is 20.8 Å². The zero-order chi connectivity index (χ0) is 15.8.